The Hall–Kier alpha value is -2.05. The van der Waals surface area contributed by atoms with E-state index in [1.165, 1.54) is 0 Å². The molecule has 2 rings (SSSR count). The zero-order valence-electron chi connectivity index (χ0n) is 8.17. The van der Waals surface area contributed by atoms with Gasteiger partial charge >= 0.3 is 0 Å². The number of rotatable bonds is 1. The van der Waals surface area contributed by atoms with Gasteiger partial charge in [0.1, 0.15) is 11.2 Å². The second-order valence-corrected chi connectivity index (χ2v) is 3.39. The number of hydrogen-bond acceptors (Lipinski definition) is 3. The molecule has 5 nitrogen and oxygen atoms in total. The highest BCUT2D eigenvalue weighted by Gasteiger charge is 2.26. The summed E-state index contributed by atoms with van der Waals surface area (Å²) in [6, 6.07) is 2.18. The summed E-state index contributed by atoms with van der Waals surface area (Å²) in [5.41, 5.74) is -2.12. The third-order valence-electron chi connectivity index (χ3n) is 2.09. The zero-order valence-corrected chi connectivity index (χ0v) is 8.17. The molecular formula is C9H7F2N3O2. The number of nitrogens with one attached hydrogen (secondary N) is 2. The summed E-state index contributed by atoms with van der Waals surface area (Å²) in [5, 5.41) is 4.08. The molecule has 84 valence electrons. The fourth-order valence-corrected chi connectivity index (χ4v) is 1.30. The number of fused-ring (bicyclic) bond motifs is 1. The molecule has 16 heavy (non-hydrogen) atoms. The molecule has 0 bridgehead atoms. The largest absolute Gasteiger partial charge is 0.289 e. The number of nitrogens with zero attached hydrogens (tertiary/aromatic N) is 1. The molecule has 0 atom stereocenters. The molecular weight excluding hydrogens is 220 g/mol. The van der Waals surface area contributed by atoms with Gasteiger partial charge in [0.05, 0.1) is 5.39 Å². The minimum Gasteiger partial charge on any atom is -0.267 e. The summed E-state index contributed by atoms with van der Waals surface area (Å²) in [4.78, 5) is 26.0. The van der Waals surface area contributed by atoms with Crippen molar-refractivity contribution in [2.45, 2.75) is 12.8 Å². The highest BCUT2D eigenvalue weighted by atomic mass is 19.3. The monoisotopic (exact) mass is 227 g/mol. The maximum absolute atomic E-state index is 13.0. The number of hydrogen-bond donors (Lipinski definition) is 2. The lowest BCUT2D eigenvalue weighted by molar-refractivity contribution is 0.0131. The Morgan fingerprint density at radius 2 is 1.81 bits per heavy atom. The maximum Gasteiger partial charge on any atom is 0.289 e. The molecule has 0 spiro atoms. The molecule has 0 saturated carbocycles. The van der Waals surface area contributed by atoms with Crippen LogP contribution in [0.25, 0.3) is 10.9 Å². The van der Waals surface area contributed by atoms with Gasteiger partial charge in [0.2, 0.25) is 0 Å². The first-order valence-electron chi connectivity index (χ1n) is 4.39. The normalized spacial score (nSPS) is 11.9. The summed E-state index contributed by atoms with van der Waals surface area (Å²) in [6.45, 7) is 0.669. The van der Waals surface area contributed by atoms with Crippen LogP contribution in [0.1, 0.15) is 12.6 Å². The summed E-state index contributed by atoms with van der Waals surface area (Å²) in [7, 11) is 0. The Kier molecular flexibility index (Phi) is 2.11. The fourth-order valence-electron chi connectivity index (χ4n) is 1.30. The molecule has 2 aromatic rings. The van der Waals surface area contributed by atoms with Crippen LogP contribution >= 0.6 is 0 Å². The van der Waals surface area contributed by atoms with Crippen molar-refractivity contribution in [2.75, 3.05) is 0 Å². The van der Waals surface area contributed by atoms with Crippen LogP contribution < -0.4 is 11.1 Å². The lowest BCUT2D eigenvalue weighted by Gasteiger charge is -2.09. The summed E-state index contributed by atoms with van der Waals surface area (Å²) in [5.74, 6) is -3.15. The van der Waals surface area contributed by atoms with Crippen molar-refractivity contribution in [1.29, 1.82) is 0 Å². The molecule has 0 radical (unpaired) electrons. The van der Waals surface area contributed by atoms with Gasteiger partial charge in [-0.25, -0.2) is 4.98 Å². The number of pyridine rings is 1. The van der Waals surface area contributed by atoms with E-state index in [0.29, 0.717) is 6.92 Å². The van der Waals surface area contributed by atoms with E-state index >= 15 is 0 Å². The van der Waals surface area contributed by atoms with Crippen LogP contribution in [0.15, 0.2) is 21.7 Å². The summed E-state index contributed by atoms with van der Waals surface area (Å²) < 4.78 is 25.9. The number of aromatic nitrogens is 3. The van der Waals surface area contributed by atoms with Crippen molar-refractivity contribution in [3.05, 3.63) is 38.5 Å². The third kappa shape index (κ3) is 1.60. The van der Waals surface area contributed by atoms with Gasteiger partial charge in [-0.15, -0.1) is 0 Å². The summed E-state index contributed by atoms with van der Waals surface area (Å²) in [6.07, 6.45) is 0. The predicted molar refractivity (Wildman–Crippen MR) is 52.6 cm³/mol. The van der Waals surface area contributed by atoms with Crippen LogP contribution in [0.3, 0.4) is 0 Å². The number of H-pyrrole nitrogens is 2. The van der Waals surface area contributed by atoms with Crippen molar-refractivity contribution in [1.82, 2.24) is 15.2 Å². The Morgan fingerprint density at radius 3 is 2.44 bits per heavy atom. The standard InChI is InChI=1S/C9H7F2N3O2/c1-9(10,11)5-3-2-4-6(12-5)8(16)14-13-7(4)15/h2-3H,1H3,(H,13,15)(H,14,16). The van der Waals surface area contributed by atoms with E-state index in [4.69, 9.17) is 0 Å². The van der Waals surface area contributed by atoms with Crippen molar-refractivity contribution >= 4 is 10.9 Å². The topological polar surface area (TPSA) is 78.6 Å². The molecule has 0 aliphatic heterocycles. The van der Waals surface area contributed by atoms with E-state index in [0.717, 1.165) is 12.1 Å². The molecule has 0 aromatic carbocycles. The van der Waals surface area contributed by atoms with Gasteiger partial charge in [-0.2, -0.15) is 8.78 Å². The number of alkyl halides is 2. The molecule has 2 N–H and O–H groups in total. The quantitative estimate of drug-likeness (QED) is 0.753. The zero-order chi connectivity index (χ0) is 11.9. The number of aromatic amines is 2. The first kappa shape index (κ1) is 10.5. The van der Waals surface area contributed by atoms with Crippen LogP contribution in [-0.2, 0) is 5.92 Å². The molecule has 0 fully saturated rings. The first-order valence-corrected chi connectivity index (χ1v) is 4.39. The Balaban J connectivity index is 2.87. The van der Waals surface area contributed by atoms with Crippen LogP contribution in [-0.4, -0.2) is 15.2 Å². The molecule has 2 heterocycles. The average molecular weight is 227 g/mol. The molecule has 0 aliphatic rings. The fraction of sp³-hybridized carbons (Fsp3) is 0.222. The molecule has 0 amide bonds. The number of halogens is 2. The second kappa shape index (κ2) is 3.22. The van der Waals surface area contributed by atoms with E-state index in [2.05, 4.69) is 10.1 Å². The maximum atomic E-state index is 13.0. The predicted octanol–water partition coefficient (Wildman–Crippen LogP) is 0.723. The van der Waals surface area contributed by atoms with E-state index in [-0.39, 0.29) is 10.9 Å². The van der Waals surface area contributed by atoms with Crippen LogP contribution in [0.5, 0.6) is 0 Å². The smallest absolute Gasteiger partial charge is 0.267 e. The van der Waals surface area contributed by atoms with E-state index in [9.17, 15) is 18.4 Å². The molecule has 2 aromatic heterocycles. The van der Waals surface area contributed by atoms with Gasteiger partial charge < -0.3 is 0 Å². The summed E-state index contributed by atoms with van der Waals surface area (Å²) >= 11 is 0. The van der Waals surface area contributed by atoms with Crippen LogP contribution in [0.4, 0.5) is 8.78 Å². The Morgan fingerprint density at radius 1 is 1.19 bits per heavy atom. The van der Waals surface area contributed by atoms with Gasteiger partial charge in [0.25, 0.3) is 17.0 Å². The van der Waals surface area contributed by atoms with E-state index in [1.807, 2.05) is 5.10 Å². The van der Waals surface area contributed by atoms with Crippen molar-refractivity contribution in [3.8, 4) is 0 Å². The molecule has 7 heteroatoms. The highest BCUT2D eigenvalue weighted by Crippen LogP contribution is 2.25. The van der Waals surface area contributed by atoms with Crippen LogP contribution in [0.2, 0.25) is 0 Å². The van der Waals surface area contributed by atoms with Gasteiger partial charge in [-0.3, -0.25) is 19.8 Å². The third-order valence-corrected chi connectivity index (χ3v) is 2.09. The Labute approximate surface area is 87.1 Å². The molecule has 0 unspecified atom stereocenters. The first-order chi connectivity index (χ1) is 7.39. The lowest BCUT2D eigenvalue weighted by Crippen LogP contribution is -2.21. The molecule has 0 saturated heterocycles. The molecule has 0 aliphatic carbocycles. The lowest BCUT2D eigenvalue weighted by atomic mass is 10.2. The Bertz CT molecular complexity index is 654. The van der Waals surface area contributed by atoms with E-state index in [1.54, 1.807) is 0 Å². The SMILES string of the molecule is CC(F)(F)c1ccc2c(=O)[nH][nH]c(=O)c2n1. The van der Waals surface area contributed by atoms with E-state index < -0.39 is 22.7 Å². The van der Waals surface area contributed by atoms with Gasteiger partial charge in [-0.1, -0.05) is 0 Å². The van der Waals surface area contributed by atoms with Crippen LogP contribution in [0, 0.1) is 0 Å². The van der Waals surface area contributed by atoms with Crippen molar-refractivity contribution in [3.63, 3.8) is 0 Å². The second-order valence-electron chi connectivity index (χ2n) is 3.39. The van der Waals surface area contributed by atoms with Crippen molar-refractivity contribution < 1.29 is 8.78 Å². The minimum atomic E-state index is -3.15. The minimum absolute atomic E-state index is 0.0169. The van der Waals surface area contributed by atoms with Gasteiger partial charge in [0.15, 0.2) is 0 Å². The van der Waals surface area contributed by atoms with Gasteiger partial charge in [-0.05, 0) is 12.1 Å². The average Bonchev–Trinajstić information content (AvgIpc) is 2.22. The van der Waals surface area contributed by atoms with Gasteiger partial charge in [0, 0.05) is 6.92 Å². The highest BCUT2D eigenvalue weighted by molar-refractivity contribution is 5.76. The van der Waals surface area contributed by atoms with Crippen molar-refractivity contribution in [2.24, 2.45) is 0 Å².